The lowest BCUT2D eigenvalue weighted by Gasteiger charge is -2.27. The van der Waals surface area contributed by atoms with Crippen molar-refractivity contribution >= 4 is 11.7 Å². The number of carbonyl (C=O) groups is 1. The van der Waals surface area contributed by atoms with Gasteiger partial charge in [-0.25, -0.2) is 18.7 Å². The van der Waals surface area contributed by atoms with E-state index in [9.17, 15) is 18.7 Å². The molecule has 9 heteroatoms. The zero-order valence-corrected chi connectivity index (χ0v) is 17.1. The molecule has 7 nitrogen and oxygen atoms in total. The number of aromatic hydroxyl groups is 1. The zero-order valence-electron chi connectivity index (χ0n) is 17.1. The molecule has 2 aromatic rings. The van der Waals surface area contributed by atoms with Gasteiger partial charge in [0.1, 0.15) is 17.5 Å². The van der Waals surface area contributed by atoms with Gasteiger partial charge in [0.2, 0.25) is 11.8 Å². The van der Waals surface area contributed by atoms with Crippen LogP contribution in [0, 0.1) is 36.9 Å². The number of amides is 1. The number of nitrogens with one attached hydrogen (secondary N) is 1. The molecular formula is C22H22F2N4O3. The molecule has 0 aromatic carbocycles. The molecule has 2 aromatic heterocycles. The quantitative estimate of drug-likeness (QED) is 0.727. The van der Waals surface area contributed by atoms with Gasteiger partial charge in [0, 0.05) is 11.3 Å². The highest BCUT2D eigenvalue weighted by atomic mass is 19.1. The lowest BCUT2D eigenvalue weighted by atomic mass is 9.82. The maximum atomic E-state index is 14.0. The molecule has 2 aliphatic rings. The molecule has 2 aliphatic carbocycles. The summed E-state index contributed by atoms with van der Waals surface area (Å²) >= 11 is 0. The van der Waals surface area contributed by atoms with Gasteiger partial charge in [-0.3, -0.25) is 4.79 Å². The molecule has 0 bridgehead atoms. The Morgan fingerprint density at radius 3 is 2.84 bits per heavy atom. The molecular weight excluding hydrogens is 406 g/mol. The molecule has 1 amide bonds. The van der Waals surface area contributed by atoms with Crippen molar-refractivity contribution in [3.63, 3.8) is 0 Å². The van der Waals surface area contributed by atoms with Gasteiger partial charge in [0.15, 0.2) is 11.6 Å². The summed E-state index contributed by atoms with van der Waals surface area (Å²) in [7, 11) is 0. The summed E-state index contributed by atoms with van der Waals surface area (Å²) in [4.78, 5) is 25.0. The largest absolute Gasteiger partial charge is 0.491 e. The van der Waals surface area contributed by atoms with Crippen molar-refractivity contribution in [2.75, 3.05) is 11.9 Å². The monoisotopic (exact) mass is 428 g/mol. The van der Waals surface area contributed by atoms with Crippen LogP contribution in [-0.2, 0) is 4.79 Å². The van der Waals surface area contributed by atoms with Crippen LogP contribution in [0.2, 0.25) is 0 Å². The number of allylic oxidation sites excluding steroid dienone is 4. The van der Waals surface area contributed by atoms with E-state index in [-0.39, 0.29) is 30.1 Å². The highest BCUT2D eigenvalue weighted by molar-refractivity contribution is 5.94. The summed E-state index contributed by atoms with van der Waals surface area (Å²) in [5.41, 5.74) is 0.0616. The highest BCUT2D eigenvalue weighted by Crippen LogP contribution is 2.60. The van der Waals surface area contributed by atoms with Gasteiger partial charge in [0.05, 0.1) is 18.5 Å². The number of aromatic nitrogens is 3. The maximum Gasteiger partial charge on any atom is 0.249 e. The molecule has 2 heterocycles. The number of hydrogen-bond donors (Lipinski definition) is 2. The molecule has 0 spiro atoms. The number of aryl methyl sites for hydroxylation is 2. The number of hydrogen-bond acceptors (Lipinski definition) is 6. The first kappa shape index (κ1) is 20.9. The van der Waals surface area contributed by atoms with Crippen LogP contribution in [0.5, 0.6) is 11.6 Å². The standard InChI is InChI=1S/C22H22F2N4O3/c1-12-18(10-25-13(2)26-12)31-11-22(14-4-3-5-15(23)8-14)9-16(22)20(29)27-19-7-6-17(24)21(30)28-19/h3,5-8,10,14,16H,4,9,11H2,1-2H3,(H2,27,28,29,30)/t14?,16-,22+/m0/s1. The first-order valence-electron chi connectivity index (χ1n) is 9.92. The lowest BCUT2D eigenvalue weighted by Crippen LogP contribution is -2.30. The van der Waals surface area contributed by atoms with E-state index in [1.165, 1.54) is 18.2 Å². The Balaban J connectivity index is 1.53. The normalized spacial score (nSPS) is 24.5. The van der Waals surface area contributed by atoms with E-state index < -0.39 is 23.0 Å². The summed E-state index contributed by atoms with van der Waals surface area (Å²) in [5, 5.41) is 12.0. The third-order valence-electron chi connectivity index (χ3n) is 5.83. The van der Waals surface area contributed by atoms with E-state index in [4.69, 9.17) is 4.74 Å². The first-order valence-corrected chi connectivity index (χ1v) is 9.92. The molecule has 162 valence electrons. The smallest absolute Gasteiger partial charge is 0.249 e. The van der Waals surface area contributed by atoms with E-state index in [2.05, 4.69) is 20.3 Å². The second-order valence-electron chi connectivity index (χ2n) is 7.93. The summed E-state index contributed by atoms with van der Waals surface area (Å²) in [6.45, 7) is 3.77. The minimum atomic E-state index is -0.877. The molecule has 1 fully saturated rings. The van der Waals surface area contributed by atoms with Crippen LogP contribution < -0.4 is 10.1 Å². The van der Waals surface area contributed by atoms with Crippen molar-refractivity contribution in [3.05, 3.63) is 59.7 Å². The summed E-state index contributed by atoms with van der Waals surface area (Å²) in [6, 6.07) is 2.29. The Morgan fingerprint density at radius 1 is 1.32 bits per heavy atom. The summed E-state index contributed by atoms with van der Waals surface area (Å²) < 4.78 is 33.2. The zero-order chi connectivity index (χ0) is 22.2. The molecule has 4 rings (SSSR count). The van der Waals surface area contributed by atoms with E-state index in [0.29, 0.717) is 30.1 Å². The van der Waals surface area contributed by atoms with Crippen LogP contribution in [0.1, 0.15) is 24.4 Å². The molecule has 0 aliphatic heterocycles. The van der Waals surface area contributed by atoms with E-state index in [1.54, 1.807) is 19.2 Å². The topological polar surface area (TPSA) is 97.2 Å². The molecule has 31 heavy (non-hydrogen) atoms. The van der Waals surface area contributed by atoms with Crippen molar-refractivity contribution in [2.24, 2.45) is 17.3 Å². The van der Waals surface area contributed by atoms with Gasteiger partial charge >= 0.3 is 0 Å². The van der Waals surface area contributed by atoms with Crippen LogP contribution in [-0.4, -0.2) is 32.6 Å². The van der Waals surface area contributed by atoms with E-state index in [1.807, 2.05) is 6.92 Å². The maximum absolute atomic E-state index is 14.0. The van der Waals surface area contributed by atoms with Crippen molar-refractivity contribution in [1.82, 2.24) is 15.0 Å². The minimum absolute atomic E-state index is 0.0404. The fraction of sp³-hybridized carbons (Fsp3) is 0.364. The third kappa shape index (κ3) is 4.26. The molecule has 0 radical (unpaired) electrons. The Bertz CT molecular complexity index is 1090. The molecule has 0 saturated heterocycles. The van der Waals surface area contributed by atoms with Crippen molar-refractivity contribution < 1.29 is 23.4 Å². The van der Waals surface area contributed by atoms with Gasteiger partial charge in [-0.15, -0.1) is 0 Å². The Kier molecular flexibility index (Phi) is 5.43. The Morgan fingerprint density at radius 2 is 2.13 bits per heavy atom. The van der Waals surface area contributed by atoms with Gasteiger partial charge in [0.25, 0.3) is 0 Å². The number of carbonyl (C=O) groups excluding carboxylic acids is 1. The highest BCUT2D eigenvalue weighted by Gasteiger charge is 2.62. The van der Waals surface area contributed by atoms with Gasteiger partial charge in [-0.2, -0.15) is 4.98 Å². The molecule has 1 unspecified atom stereocenters. The van der Waals surface area contributed by atoms with Crippen molar-refractivity contribution in [2.45, 2.75) is 26.7 Å². The second-order valence-corrected chi connectivity index (χ2v) is 7.93. The van der Waals surface area contributed by atoms with Crippen molar-refractivity contribution in [3.8, 4) is 11.6 Å². The first-order chi connectivity index (χ1) is 14.8. The molecule has 3 atom stereocenters. The third-order valence-corrected chi connectivity index (χ3v) is 5.83. The van der Waals surface area contributed by atoms with E-state index in [0.717, 1.165) is 6.07 Å². The predicted molar refractivity (Wildman–Crippen MR) is 108 cm³/mol. The lowest BCUT2D eigenvalue weighted by molar-refractivity contribution is -0.118. The fourth-order valence-electron chi connectivity index (χ4n) is 4.04. The van der Waals surface area contributed by atoms with Gasteiger partial charge < -0.3 is 15.2 Å². The predicted octanol–water partition coefficient (Wildman–Crippen LogP) is 3.79. The average Bonchev–Trinajstić information content (AvgIpc) is 3.46. The number of rotatable bonds is 6. The van der Waals surface area contributed by atoms with Crippen LogP contribution in [0.15, 0.2) is 42.4 Å². The number of nitrogens with zero attached hydrogens (tertiary/aromatic N) is 3. The number of pyridine rings is 1. The second kappa shape index (κ2) is 8.05. The number of ether oxygens (including phenoxy) is 1. The minimum Gasteiger partial charge on any atom is -0.491 e. The average molecular weight is 428 g/mol. The molecule has 2 N–H and O–H groups in total. The SMILES string of the molecule is Cc1ncc(OC[C@@]2(C3C=C(F)C=CC3)C[C@H]2C(=O)Nc2ccc(F)c(O)n2)c(C)n1. The Labute approximate surface area is 177 Å². The number of anilines is 1. The summed E-state index contributed by atoms with van der Waals surface area (Å²) in [6.07, 6.45) is 7.34. The number of halogens is 2. The summed E-state index contributed by atoms with van der Waals surface area (Å²) in [5.74, 6) is -1.87. The van der Waals surface area contributed by atoms with Crippen molar-refractivity contribution in [1.29, 1.82) is 0 Å². The Hall–Kier alpha value is -3.36. The van der Waals surface area contributed by atoms with Crippen LogP contribution >= 0.6 is 0 Å². The fourth-order valence-corrected chi connectivity index (χ4v) is 4.04. The van der Waals surface area contributed by atoms with Crippen LogP contribution in [0.3, 0.4) is 0 Å². The van der Waals surface area contributed by atoms with Crippen LogP contribution in [0.25, 0.3) is 0 Å². The van der Waals surface area contributed by atoms with Crippen LogP contribution in [0.4, 0.5) is 14.6 Å². The molecule has 1 saturated carbocycles. The van der Waals surface area contributed by atoms with Gasteiger partial charge in [-0.1, -0.05) is 6.08 Å². The van der Waals surface area contributed by atoms with E-state index >= 15 is 0 Å². The van der Waals surface area contributed by atoms with Gasteiger partial charge in [-0.05, 0) is 56.9 Å².